The van der Waals surface area contributed by atoms with Crippen molar-refractivity contribution in [3.8, 4) is 5.69 Å². The maximum absolute atomic E-state index is 13.1. The first-order valence-corrected chi connectivity index (χ1v) is 4.87. The largest absolute Gasteiger partial charge is 0.219 e. The third-order valence-electron chi connectivity index (χ3n) is 1.63. The Balaban J connectivity index is 2.47. The van der Waals surface area contributed by atoms with Gasteiger partial charge in [-0.15, -0.1) is 5.10 Å². The second kappa shape index (κ2) is 3.67. The lowest BCUT2D eigenvalue weighted by molar-refractivity contribution is 0.625. The van der Waals surface area contributed by atoms with Crippen LogP contribution in [0.15, 0.2) is 29.0 Å². The van der Waals surface area contributed by atoms with E-state index in [1.54, 1.807) is 12.3 Å². The zero-order valence-corrected chi connectivity index (χ0v) is 9.13. The fourth-order valence-corrected chi connectivity index (χ4v) is 1.38. The van der Waals surface area contributed by atoms with Gasteiger partial charge < -0.3 is 0 Å². The summed E-state index contributed by atoms with van der Waals surface area (Å²) in [4.78, 5) is 0. The second-order valence-corrected chi connectivity index (χ2v) is 3.80. The number of aromatic nitrogens is 3. The summed E-state index contributed by atoms with van der Waals surface area (Å²) in [5.74, 6) is -0.476. The SMILES string of the molecule is Fc1cc(-n2cc(Br)nn2)ccc1Cl. The van der Waals surface area contributed by atoms with Gasteiger partial charge in [0.15, 0.2) is 0 Å². The fourth-order valence-electron chi connectivity index (χ4n) is 0.997. The molecular formula is C8H4BrClFN3. The summed E-state index contributed by atoms with van der Waals surface area (Å²) in [5, 5.41) is 7.58. The van der Waals surface area contributed by atoms with Gasteiger partial charge in [-0.25, -0.2) is 9.07 Å². The van der Waals surface area contributed by atoms with Gasteiger partial charge in [0.1, 0.15) is 10.4 Å². The average molecular weight is 276 g/mol. The number of halogens is 3. The summed E-state index contributed by atoms with van der Waals surface area (Å²) >= 11 is 8.69. The third kappa shape index (κ3) is 1.78. The summed E-state index contributed by atoms with van der Waals surface area (Å²) in [6.07, 6.45) is 1.63. The molecule has 0 unspecified atom stereocenters. The van der Waals surface area contributed by atoms with Gasteiger partial charge in [0.2, 0.25) is 0 Å². The zero-order chi connectivity index (χ0) is 10.1. The summed E-state index contributed by atoms with van der Waals surface area (Å²) in [7, 11) is 0. The Kier molecular flexibility index (Phi) is 2.52. The first-order valence-electron chi connectivity index (χ1n) is 3.70. The van der Waals surface area contributed by atoms with Gasteiger partial charge in [-0.1, -0.05) is 16.8 Å². The predicted octanol–water partition coefficient (Wildman–Crippen LogP) is 2.82. The maximum Gasteiger partial charge on any atom is 0.148 e. The molecule has 0 aliphatic carbocycles. The lowest BCUT2D eigenvalue weighted by Gasteiger charge is -2.00. The number of hydrogen-bond donors (Lipinski definition) is 0. The average Bonchev–Trinajstić information content (AvgIpc) is 2.57. The Labute approximate surface area is 92.6 Å². The minimum atomic E-state index is -0.476. The van der Waals surface area contributed by atoms with E-state index in [0.717, 1.165) is 0 Å². The Bertz CT molecular complexity index is 471. The summed E-state index contributed by atoms with van der Waals surface area (Å²) < 4.78 is 15.1. The van der Waals surface area contributed by atoms with Gasteiger partial charge in [-0.2, -0.15) is 0 Å². The Morgan fingerprint density at radius 3 is 2.79 bits per heavy atom. The highest BCUT2D eigenvalue weighted by molar-refractivity contribution is 9.10. The molecule has 14 heavy (non-hydrogen) atoms. The number of rotatable bonds is 1. The monoisotopic (exact) mass is 275 g/mol. The predicted molar refractivity (Wildman–Crippen MR) is 54.0 cm³/mol. The molecule has 0 fully saturated rings. The van der Waals surface area contributed by atoms with Crippen molar-refractivity contribution in [1.82, 2.24) is 15.0 Å². The molecule has 6 heteroatoms. The van der Waals surface area contributed by atoms with Crippen LogP contribution in [0, 0.1) is 5.82 Å². The van der Waals surface area contributed by atoms with E-state index in [9.17, 15) is 4.39 Å². The number of hydrogen-bond acceptors (Lipinski definition) is 2. The van der Waals surface area contributed by atoms with Crippen molar-refractivity contribution >= 4 is 27.5 Å². The normalized spacial score (nSPS) is 10.5. The van der Waals surface area contributed by atoms with Crippen LogP contribution in [0.1, 0.15) is 0 Å². The van der Waals surface area contributed by atoms with Crippen LogP contribution < -0.4 is 0 Å². The zero-order valence-electron chi connectivity index (χ0n) is 6.78. The topological polar surface area (TPSA) is 30.7 Å². The molecule has 3 nitrogen and oxygen atoms in total. The lowest BCUT2D eigenvalue weighted by Crippen LogP contribution is -1.95. The molecule has 0 bridgehead atoms. The van der Waals surface area contributed by atoms with Crippen LogP contribution in [0.5, 0.6) is 0 Å². The van der Waals surface area contributed by atoms with Crippen LogP contribution in [0.25, 0.3) is 5.69 Å². The molecule has 0 aliphatic heterocycles. The molecule has 0 radical (unpaired) electrons. The van der Waals surface area contributed by atoms with Crippen LogP contribution in [0.3, 0.4) is 0 Å². The highest BCUT2D eigenvalue weighted by Gasteiger charge is 2.04. The maximum atomic E-state index is 13.1. The molecule has 1 aromatic carbocycles. The molecule has 0 atom stereocenters. The third-order valence-corrected chi connectivity index (χ3v) is 2.30. The van der Waals surface area contributed by atoms with Gasteiger partial charge in [0, 0.05) is 6.07 Å². The molecule has 0 aliphatic rings. The molecule has 1 aromatic heterocycles. The minimum absolute atomic E-state index is 0.0907. The molecule has 2 rings (SSSR count). The Morgan fingerprint density at radius 1 is 1.43 bits per heavy atom. The van der Waals surface area contributed by atoms with Crippen molar-refractivity contribution in [2.24, 2.45) is 0 Å². The summed E-state index contributed by atoms with van der Waals surface area (Å²) in [5.41, 5.74) is 0.574. The first kappa shape index (κ1) is 9.61. The van der Waals surface area contributed by atoms with E-state index in [-0.39, 0.29) is 5.02 Å². The standard InChI is InChI=1S/C8H4BrClFN3/c9-8-4-14(13-12-8)5-1-2-6(10)7(11)3-5/h1-4H. The smallest absolute Gasteiger partial charge is 0.148 e. The Morgan fingerprint density at radius 2 is 2.21 bits per heavy atom. The van der Waals surface area contributed by atoms with E-state index >= 15 is 0 Å². The van der Waals surface area contributed by atoms with Crippen LogP contribution in [0.2, 0.25) is 5.02 Å². The van der Waals surface area contributed by atoms with Crippen LogP contribution in [0.4, 0.5) is 4.39 Å². The van der Waals surface area contributed by atoms with E-state index in [0.29, 0.717) is 10.3 Å². The first-order chi connectivity index (χ1) is 6.66. The summed E-state index contributed by atoms with van der Waals surface area (Å²) in [6, 6.07) is 4.43. The molecule has 0 N–H and O–H groups in total. The van der Waals surface area contributed by atoms with Crippen LogP contribution >= 0.6 is 27.5 Å². The van der Waals surface area contributed by atoms with Crippen molar-refractivity contribution in [1.29, 1.82) is 0 Å². The van der Waals surface area contributed by atoms with E-state index in [1.165, 1.54) is 16.8 Å². The second-order valence-electron chi connectivity index (χ2n) is 2.58. The van der Waals surface area contributed by atoms with E-state index < -0.39 is 5.82 Å². The lowest BCUT2D eigenvalue weighted by atomic mass is 10.3. The minimum Gasteiger partial charge on any atom is -0.219 e. The molecular weight excluding hydrogens is 272 g/mol. The van der Waals surface area contributed by atoms with Crippen molar-refractivity contribution in [2.45, 2.75) is 0 Å². The molecule has 72 valence electrons. The van der Waals surface area contributed by atoms with Gasteiger partial charge in [0.25, 0.3) is 0 Å². The van der Waals surface area contributed by atoms with Crippen molar-refractivity contribution in [3.05, 3.63) is 39.8 Å². The van der Waals surface area contributed by atoms with Crippen LogP contribution in [-0.4, -0.2) is 15.0 Å². The molecule has 0 saturated carbocycles. The van der Waals surface area contributed by atoms with E-state index in [2.05, 4.69) is 26.2 Å². The quantitative estimate of drug-likeness (QED) is 0.802. The Hall–Kier alpha value is -0.940. The van der Waals surface area contributed by atoms with Crippen molar-refractivity contribution in [2.75, 3.05) is 0 Å². The van der Waals surface area contributed by atoms with E-state index in [4.69, 9.17) is 11.6 Å². The van der Waals surface area contributed by atoms with Crippen LogP contribution in [-0.2, 0) is 0 Å². The van der Waals surface area contributed by atoms with Gasteiger partial charge in [-0.3, -0.25) is 0 Å². The highest BCUT2D eigenvalue weighted by atomic mass is 79.9. The molecule has 0 amide bonds. The molecule has 0 spiro atoms. The van der Waals surface area contributed by atoms with Crippen molar-refractivity contribution in [3.63, 3.8) is 0 Å². The van der Waals surface area contributed by atoms with Gasteiger partial charge in [-0.05, 0) is 28.1 Å². The fraction of sp³-hybridized carbons (Fsp3) is 0. The number of nitrogens with zero attached hydrogens (tertiary/aromatic N) is 3. The number of benzene rings is 1. The van der Waals surface area contributed by atoms with Crippen molar-refractivity contribution < 1.29 is 4.39 Å². The van der Waals surface area contributed by atoms with E-state index in [1.807, 2.05) is 0 Å². The summed E-state index contributed by atoms with van der Waals surface area (Å²) in [6.45, 7) is 0. The van der Waals surface area contributed by atoms with Gasteiger partial charge >= 0.3 is 0 Å². The molecule has 2 aromatic rings. The van der Waals surface area contributed by atoms with Gasteiger partial charge in [0.05, 0.1) is 16.9 Å². The molecule has 1 heterocycles. The molecule has 0 saturated heterocycles. The highest BCUT2D eigenvalue weighted by Crippen LogP contribution is 2.18.